The topological polar surface area (TPSA) is 15.8 Å². The number of aromatic amines is 1. The van der Waals surface area contributed by atoms with Crippen molar-refractivity contribution in [3.8, 4) is 0 Å². The van der Waals surface area contributed by atoms with Gasteiger partial charge in [-0.05, 0) is 27.6 Å². The zero-order chi connectivity index (χ0) is 9.42. The number of rotatable bonds is 1. The molecule has 0 spiro atoms. The van der Waals surface area contributed by atoms with Gasteiger partial charge in [-0.1, -0.05) is 6.07 Å². The van der Waals surface area contributed by atoms with Gasteiger partial charge < -0.3 is 4.98 Å². The number of nitrogens with one attached hydrogen (secondary N) is 1. The highest BCUT2D eigenvalue weighted by Crippen LogP contribution is 2.27. The van der Waals surface area contributed by atoms with E-state index in [4.69, 9.17) is 11.6 Å². The SMILES string of the molecule is Fc1c(Br)ccc2c(CCl)c[nH]c12. The number of H-pyrrole nitrogens is 1. The van der Waals surface area contributed by atoms with Crippen molar-refractivity contribution in [2.24, 2.45) is 0 Å². The molecule has 13 heavy (non-hydrogen) atoms. The Morgan fingerprint density at radius 3 is 2.92 bits per heavy atom. The first-order valence-electron chi connectivity index (χ1n) is 3.74. The van der Waals surface area contributed by atoms with Gasteiger partial charge in [-0.3, -0.25) is 0 Å². The summed E-state index contributed by atoms with van der Waals surface area (Å²) in [6.07, 6.45) is 1.73. The van der Waals surface area contributed by atoms with Crippen molar-refractivity contribution >= 4 is 38.4 Å². The van der Waals surface area contributed by atoms with Crippen molar-refractivity contribution in [1.82, 2.24) is 4.98 Å². The van der Waals surface area contributed by atoms with E-state index in [0.717, 1.165) is 10.9 Å². The van der Waals surface area contributed by atoms with Gasteiger partial charge in [0.15, 0.2) is 5.82 Å². The van der Waals surface area contributed by atoms with Gasteiger partial charge in [0.25, 0.3) is 0 Å². The van der Waals surface area contributed by atoms with E-state index in [1.807, 2.05) is 6.07 Å². The molecule has 0 unspecified atom stereocenters. The Labute approximate surface area is 88.0 Å². The van der Waals surface area contributed by atoms with Crippen molar-refractivity contribution < 1.29 is 4.39 Å². The highest BCUT2D eigenvalue weighted by atomic mass is 79.9. The summed E-state index contributed by atoms with van der Waals surface area (Å²) in [5, 5.41) is 0.843. The third-order valence-corrected chi connectivity index (χ3v) is 2.88. The Bertz CT molecular complexity index is 452. The maximum Gasteiger partial charge on any atom is 0.161 e. The van der Waals surface area contributed by atoms with Gasteiger partial charge in [0, 0.05) is 17.5 Å². The molecular weight excluding hydrogens is 256 g/mol. The second-order valence-corrected chi connectivity index (χ2v) is 3.85. The van der Waals surface area contributed by atoms with Crippen LogP contribution in [0.3, 0.4) is 0 Å². The minimum Gasteiger partial charge on any atom is -0.358 e. The van der Waals surface area contributed by atoms with Gasteiger partial charge in [-0.15, -0.1) is 11.6 Å². The van der Waals surface area contributed by atoms with Crippen molar-refractivity contribution in [3.63, 3.8) is 0 Å². The molecule has 68 valence electrons. The Kier molecular flexibility index (Phi) is 2.30. The molecule has 0 bridgehead atoms. The fourth-order valence-corrected chi connectivity index (χ4v) is 1.86. The van der Waals surface area contributed by atoms with Gasteiger partial charge in [0.1, 0.15) is 0 Å². The first kappa shape index (κ1) is 9.03. The lowest BCUT2D eigenvalue weighted by atomic mass is 10.2. The molecule has 1 heterocycles. The van der Waals surface area contributed by atoms with Crippen LogP contribution in [-0.4, -0.2) is 4.98 Å². The Morgan fingerprint density at radius 2 is 2.23 bits per heavy atom. The zero-order valence-electron chi connectivity index (χ0n) is 6.57. The first-order chi connectivity index (χ1) is 6.24. The highest BCUT2D eigenvalue weighted by Gasteiger charge is 2.09. The average molecular weight is 263 g/mol. The predicted molar refractivity (Wildman–Crippen MR) is 55.5 cm³/mol. The van der Waals surface area contributed by atoms with Crippen LogP contribution < -0.4 is 0 Å². The molecule has 2 rings (SSSR count). The molecule has 0 saturated carbocycles. The molecule has 0 aliphatic carbocycles. The fourth-order valence-electron chi connectivity index (χ4n) is 1.31. The van der Waals surface area contributed by atoms with E-state index in [0.29, 0.717) is 15.9 Å². The molecule has 0 aliphatic heterocycles. The molecule has 0 radical (unpaired) electrons. The summed E-state index contributed by atoms with van der Waals surface area (Å²) in [5.41, 5.74) is 1.42. The number of halogens is 3. The molecule has 1 N–H and O–H groups in total. The van der Waals surface area contributed by atoms with E-state index in [1.165, 1.54) is 0 Å². The van der Waals surface area contributed by atoms with Crippen LogP contribution in [0.2, 0.25) is 0 Å². The monoisotopic (exact) mass is 261 g/mol. The van der Waals surface area contributed by atoms with E-state index in [-0.39, 0.29) is 5.82 Å². The predicted octanol–water partition coefficient (Wildman–Crippen LogP) is 3.81. The molecule has 0 amide bonds. The summed E-state index contributed by atoms with van der Waals surface area (Å²) in [5.74, 6) is 0.120. The number of alkyl halides is 1. The van der Waals surface area contributed by atoms with Gasteiger partial charge in [-0.2, -0.15) is 0 Å². The smallest absolute Gasteiger partial charge is 0.161 e. The van der Waals surface area contributed by atoms with E-state index in [2.05, 4.69) is 20.9 Å². The second-order valence-electron chi connectivity index (χ2n) is 2.73. The molecule has 0 aliphatic rings. The second kappa shape index (κ2) is 3.31. The number of benzene rings is 1. The number of hydrogen-bond acceptors (Lipinski definition) is 0. The molecule has 2 aromatic rings. The van der Waals surface area contributed by atoms with Crippen LogP contribution in [0.4, 0.5) is 4.39 Å². The van der Waals surface area contributed by atoms with Crippen LogP contribution in [0.25, 0.3) is 10.9 Å². The molecule has 1 aromatic carbocycles. The van der Waals surface area contributed by atoms with E-state index < -0.39 is 0 Å². The van der Waals surface area contributed by atoms with E-state index >= 15 is 0 Å². The van der Waals surface area contributed by atoms with Gasteiger partial charge in [0.05, 0.1) is 9.99 Å². The number of aromatic nitrogens is 1. The lowest BCUT2D eigenvalue weighted by Crippen LogP contribution is -1.80. The molecule has 1 aromatic heterocycles. The molecule has 0 atom stereocenters. The summed E-state index contributed by atoms with van der Waals surface area (Å²) < 4.78 is 13.9. The Morgan fingerprint density at radius 1 is 1.46 bits per heavy atom. The van der Waals surface area contributed by atoms with Crippen LogP contribution >= 0.6 is 27.5 Å². The van der Waals surface area contributed by atoms with Crippen LogP contribution in [0, 0.1) is 5.82 Å². The van der Waals surface area contributed by atoms with Crippen molar-refractivity contribution in [1.29, 1.82) is 0 Å². The van der Waals surface area contributed by atoms with Crippen LogP contribution in [-0.2, 0) is 5.88 Å². The van der Waals surface area contributed by atoms with E-state index in [9.17, 15) is 4.39 Å². The lowest BCUT2D eigenvalue weighted by molar-refractivity contribution is 0.631. The van der Waals surface area contributed by atoms with Gasteiger partial charge in [0.2, 0.25) is 0 Å². The van der Waals surface area contributed by atoms with Crippen LogP contribution in [0.1, 0.15) is 5.56 Å². The molecule has 0 saturated heterocycles. The maximum absolute atomic E-state index is 13.4. The summed E-state index contributed by atoms with van der Waals surface area (Å²) in [4.78, 5) is 2.86. The average Bonchev–Trinajstić information content (AvgIpc) is 2.55. The quantitative estimate of drug-likeness (QED) is 0.752. The molecular formula is C9H6BrClFN. The molecule has 1 nitrogen and oxygen atoms in total. The van der Waals surface area contributed by atoms with E-state index in [1.54, 1.807) is 12.3 Å². The fraction of sp³-hybridized carbons (Fsp3) is 0.111. The van der Waals surface area contributed by atoms with Crippen molar-refractivity contribution in [2.45, 2.75) is 5.88 Å². The zero-order valence-corrected chi connectivity index (χ0v) is 8.91. The normalized spacial score (nSPS) is 11.0. The third kappa shape index (κ3) is 1.36. The summed E-state index contributed by atoms with van der Waals surface area (Å²) in [7, 11) is 0. The third-order valence-electron chi connectivity index (χ3n) is 1.98. The largest absolute Gasteiger partial charge is 0.358 e. The summed E-state index contributed by atoms with van der Waals surface area (Å²) >= 11 is 8.80. The first-order valence-corrected chi connectivity index (χ1v) is 5.06. The number of fused-ring (bicyclic) bond motifs is 1. The van der Waals surface area contributed by atoms with Gasteiger partial charge in [-0.25, -0.2) is 4.39 Å². The van der Waals surface area contributed by atoms with Gasteiger partial charge >= 0.3 is 0 Å². The lowest BCUT2D eigenvalue weighted by Gasteiger charge is -1.96. The Balaban J connectivity index is 2.81. The molecule has 4 heteroatoms. The standard InChI is InChI=1S/C9H6BrClFN/c10-7-2-1-6-5(3-11)4-13-9(6)8(7)12/h1-2,4,13H,3H2. The van der Waals surface area contributed by atoms with Crippen LogP contribution in [0.15, 0.2) is 22.8 Å². The number of hydrogen-bond donors (Lipinski definition) is 1. The van der Waals surface area contributed by atoms with Crippen LogP contribution in [0.5, 0.6) is 0 Å². The maximum atomic E-state index is 13.4. The highest BCUT2D eigenvalue weighted by molar-refractivity contribution is 9.10. The molecule has 0 fully saturated rings. The summed E-state index contributed by atoms with van der Waals surface area (Å²) in [6, 6.07) is 3.53. The minimum atomic E-state index is -0.270. The Hall–Kier alpha value is -0.540. The minimum absolute atomic E-state index is 0.270. The summed E-state index contributed by atoms with van der Waals surface area (Å²) in [6.45, 7) is 0. The van der Waals surface area contributed by atoms with Crippen molar-refractivity contribution in [3.05, 3.63) is 34.2 Å². The van der Waals surface area contributed by atoms with Crippen molar-refractivity contribution in [2.75, 3.05) is 0 Å².